The van der Waals surface area contributed by atoms with E-state index in [-0.39, 0.29) is 17.9 Å². The predicted octanol–water partition coefficient (Wildman–Crippen LogP) is 1.95. The maximum Gasteiger partial charge on any atom is 0.264 e. The highest BCUT2D eigenvalue weighted by molar-refractivity contribution is 7.12. The highest BCUT2D eigenvalue weighted by Gasteiger charge is 2.36. The van der Waals surface area contributed by atoms with Crippen LogP contribution in [0.25, 0.3) is 0 Å². The summed E-state index contributed by atoms with van der Waals surface area (Å²) in [4.78, 5) is 30.2. The van der Waals surface area contributed by atoms with Crippen molar-refractivity contribution in [2.75, 3.05) is 26.7 Å². The van der Waals surface area contributed by atoms with Crippen LogP contribution in [-0.2, 0) is 4.79 Å². The molecule has 0 saturated carbocycles. The first kappa shape index (κ1) is 16.5. The molecule has 3 heterocycles. The van der Waals surface area contributed by atoms with E-state index in [1.807, 2.05) is 34.4 Å². The smallest absolute Gasteiger partial charge is 0.264 e. The molecule has 5 nitrogen and oxygen atoms in total. The highest BCUT2D eigenvalue weighted by Crippen LogP contribution is 2.24. The molecule has 1 aromatic heterocycles. The van der Waals surface area contributed by atoms with Crippen molar-refractivity contribution in [2.45, 2.75) is 44.2 Å². The second-order valence-corrected chi connectivity index (χ2v) is 7.32. The Hall–Kier alpha value is -1.40. The van der Waals surface area contributed by atoms with Crippen LogP contribution >= 0.6 is 11.3 Å². The van der Waals surface area contributed by atoms with Crippen molar-refractivity contribution in [2.24, 2.45) is 0 Å². The Bertz CT molecular complexity index is 538. The van der Waals surface area contributed by atoms with Crippen LogP contribution in [0.3, 0.4) is 0 Å². The van der Waals surface area contributed by atoms with Gasteiger partial charge in [-0.15, -0.1) is 11.3 Å². The highest BCUT2D eigenvalue weighted by atomic mass is 32.1. The second kappa shape index (κ2) is 7.45. The molecule has 23 heavy (non-hydrogen) atoms. The first-order valence-electron chi connectivity index (χ1n) is 8.51. The Labute approximate surface area is 141 Å². The summed E-state index contributed by atoms with van der Waals surface area (Å²) in [6.45, 7) is 2.28. The van der Waals surface area contributed by atoms with Gasteiger partial charge in [-0.2, -0.15) is 0 Å². The molecule has 1 N–H and O–H groups in total. The van der Waals surface area contributed by atoms with Gasteiger partial charge in [-0.1, -0.05) is 6.07 Å². The van der Waals surface area contributed by atoms with Crippen molar-refractivity contribution in [3.05, 3.63) is 22.4 Å². The standard InChI is InChI=1S/C17H25N3O2S/c1-18-13-7-10-19(11-8-13)16(21)14-5-2-3-9-20(14)17(22)15-6-4-12-23-15/h4,6,12-14,18H,2-3,5,7-11H2,1H3. The maximum absolute atomic E-state index is 12.9. The van der Waals surface area contributed by atoms with Crippen LogP contribution in [0.15, 0.2) is 17.5 Å². The summed E-state index contributed by atoms with van der Waals surface area (Å²) in [6.07, 6.45) is 4.80. The average Bonchev–Trinajstić information content (AvgIpc) is 3.15. The van der Waals surface area contributed by atoms with Gasteiger partial charge in [0, 0.05) is 25.7 Å². The van der Waals surface area contributed by atoms with Gasteiger partial charge in [0.25, 0.3) is 5.91 Å². The molecule has 1 aromatic rings. The molecule has 2 aliphatic rings. The van der Waals surface area contributed by atoms with E-state index >= 15 is 0 Å². The molecule has 1 unspecified atom stereocenters. The molecule has 0 aromatic carbocycles. The minimum absolute atomic E-state index is 0.0168. The second-order valence-electron chi connectivity index (χ2n) is 6.38. The van der Waals surface area contributed by atoms with E-state index < -0.39 is 0 Å². The van der Waals surface area contributed by atoms with Crippen molar-refractivity contribution in [1.82, 2.24) is 15.1 Å². The zero-order valence-corrected chi connectivity index (χ0v) is 14.5. The largest absolute Gasteiger partial charge is 0.341 e. The first-order chi connectivity index (χ1) is 11.2. The number of piperidine rings is 2. The number of likely N-dealkylation sites (tertiary alicyclic amines) is 2. The van der Waals surface area contributed by atoms with Crippen molar-refractivity contribution in [1.29, 1.82) is 0 Å². The van der Waals surface area contributed by atoms with E-state index in [1.54, 1.807) is 0 Å². The van der Waals surface area contributed by atoms with E-state index in [0.717, 1.165) is 50.1 Å². The van der Waals surface area contributed by atoms with E-state index in [0.29, 0.717) is 12.6 Å². The zero-order valence-electron chi connectivity index (χ0n) is 13.7. The molecular weight excluding hydrogens is 310 g/mol. The zero-order chi connectivity index (χ0) is 16.2. The Morgan fingerprint density at radius 2 is 1.96 bits per heavy atom. The van der Waals surface area contributed by atoms with Crippen LogP contribution in [0, 0.1) is 0 Å². The molecule has 126 valence electrons. The lowest BCUT2D eigenvalue weighted by Gasteiger charge is -2.39. The Balaban J connectivity index is 1.68. The lowest BCUT2D eigenvalue weighted by molar-refractivity contribution is -0.138. The van der Waals surface area contributed by atoms with E-state index in [4.69, 9.17) is 0 Å². The summed E-state index contributed by atoms with van der Waals surface area (Å²) in [5, 5.41) is 5.20. The summed E-state index contributed by atoms with van der Waals surface area (Å²) in [7, 11) is 1.98. The number of rotatable bonds is 3. The topological polar surface area (TPSA) is 52.7 Å². The SMILES string of the molecule is CNC1CCN(C(=O)C2CCCCN2C(=O)c2cccs2)CC1. The number of thiophene rings is 1. The van der Waals surface area contributed by atoms with Crippen LogP contribution in [0.5, 0.6) is 0 Å². The van der Waals surface area contributed by atoms with Gasteiger partial charge in [0.1, 0.15) is 6.04 Å². The van der Waals surface area contributed by atoms with Crippen molar-refractivity contribution < 1.29 is 9.59 Å². The Morgan fingerprint density at radius 1 is 1.17 bits per heavy atom. The predicted molar refractivity (Wildman–Crippen MR) is 91.7 cm³/mol. The number of hydrogen-bond donors (Lipinski definition) is 1. The third-order valence-electron chi connectivity index (χ3n) is 5.00. The Morgan fingerprint density at radius 3 is 2.61 bits per heavy atom. The summed E-state index contributed by atoms with van der Waals surface area (Å²) in [6, 6.07) is 3.97. The van der Waals surface area contributed by atoms with Crippen molar-refractivity contribution in [3.8, 4) is 0 Å². The molecule has 2 fully saturated rings. The normalized spacial score (nSPS) is 23.1. The molecule has 1 atom stereocenters. The quantitative estimate of drug-likeness (QED) is 0.919. The van der Waals surface area contributed by atoms with Gasteiger partial charge in [-0.05, 0) is 50.6 Å². The van der Waals surface area contributed by atoms with Gasteiger partial charge in [-0.3, -0.25) is 9.59 Å². The van der Waals surface area contributed by atoms with E-state index in [1.165, 1.54) is 11.3 Å². The summed E-state index contributed by atoms with van der Waals surface area (Å²) >= 11 is 1.45. The van der Waals surface area contributed by atoms with Crippen LogP contribution in [0.1, 0.15) is 41.8 Å². The summed E-state index contributed by atoms with van der Waals surface area (Å²) in [5.41, 5.74) is 0. The maximum atomic E-state index is 12.9. The first-order valence-corrected chi connectivity index (χ1v) is 9.39. The van der Waals surface area contributed by atoms with Gasteiger partial charge in [0.15, 0.2) is 0 Å². The molecule has 0 radical (unpaired) electrons. The van der Waals surface area contributed by atoms with E-state index in [9.17, 15) is 9.59 Å². The van der Waals surface area contributed by atoms with Crippen LogP contribution < -0.4 is 5.32 Å². The fraction of sp³-hybridized carbons (Fsp3) is 0.647. The summed E-state index contributed by atoms with van der Waals surface area (Å²) < 4.78 is 0. The molecule has 2 amide bonds. The monoisotopic (exact) mass is 335 g/mol. The van der Waals surface area contributed by atoms with Crippen molar-refractivity contribution in [3.63, 3.8) is 0 Å². The van der Waals surface area contributed by atoms with Crippen LogP contribution in [-0.4, -0.2) is 60.4 Å². The molecule has 0 spiro atoms. The van der Waals surface area contributed by atoms with Gasteiger partial charge < -0.3 is 15.1 Å². The molecule has 2 saturated heterocycles. The fourth-order valence-corrected chi connectivity index (χ4v) is 4.25. The number of amides is 2. The lowest BCUT2D eigenvalue weighted by Crippen LogP contribution is -2.55. The molecule has 2 aliphatic heterocycles. The number of carbonyl (C=O) groups is 2. The van der Waals surface area contributed by atoms with Crippen LogP contribution in [0.2, 0.25) is 0 Å². The minimum atomic E-state index is -0.274. The minimum Gasteiger partial charge on any atom is -0.341 e. The van der Waals surface area contributed by atoms with Crippen LogP contribution in [0.4, 0.5) is 0 Å². The van der Waals surface area contributed by atoms with Gasteiger partial charge in [-0.25, -0.2) is 0 Å². The number of hydrogen-bond acceptors (Lipinski definition) is 4. The number of nitrogens with one attached hydrogen (secondary N) is 1. The van der Waals surface area contributed by atoms with Gasteiger partial charge in [0.05, 0.1) is 4.88 Å². The average molecular weight is 335 g/mol. The number of carbonyl (C=O) groups excluding carboxylic acids is 2. The Kier molecular flexibility index (Phi) is 5.33. The third-order valence-corrected chi connectivity index (χ3v) is 5.85. The summed E-state index contributed by atoms with van der Waals surface area (Å²) in [5.74, 6) is 0.160. The molecule has 6 heteroatoms. The lowest BCUT2D eigenvalue weighted by atomic mass is 9.98. The van der Waals surface area contributed by atoms with Gasteiger partial charge in [0.2, 0.25) is 5.91 Å². The van der Waals surface area contributed by atoms with Gasteiger partial charge >= 0.3 is 0 Å². The molecule has 0 aliphatic carbocycles. The van der Waals surface area contributed by atoms with E-state index in [2.05, 4.69) is 5.32 Å². The third kappa shape index (κ3) is 3.58. The number of nitrogens with zero attached hydrogens (tertiary/aromatic N) is 2. The van der Waals surface area contributed by atoms with Crippen molar-refractivity contribution >= 4 is 23.2 Å². The molecule has 0 bridgehead atoms. The fourth-order valence-electron chi connectivity index (χ4n) is 3.57. The molecule has 3 rings (SSSR count). The molecular formula is C17H25N3O2S.